The van der Waals surface area contributed by atoms with Crippen molar-refractivity contribution < 1.29 is 12.8 Å². The fourth-order valence-corrected chi connectivity index (χ4v) is 2.85. The van der Waals surface area contributed by atoms with Crippen molar-refractivity contribution >= 4 is 15.5 Å². The van der Waals surface area contributed by atoms with Gasteiger partial charge in [0.15, 0.2) is 9.84 Å². The molecule has 1 saturated heterocycles. The van der Waals surface area contributed by atoms with Gasteiger partial charge in [0.05, 0.1) is 10.6 Å². The Morgan fingerprint density at radius 1 is 1.42 bits per heavy atom. The van der Waals surface area contributed by atoms with Crippen LogP contribution in [0.5, 0.6) is 0 Å². The molecule has 1 atom stereocenters. The third kappa shape index (κ3) is 3.91. The van der Waals surface area contributed by atoms with Crippen LogP contribution >= 0.6 is 0 Å². The summed E-state index contributed by atoms with van der Waals surface area (Å²) in [5.41, 5.74) is 0.246. The highest BCUT2D eigenvalue weighted by Crippen LogP contribution is 2.20. The highest BCUT2D eigenvalue weighted by molar-refractivity contribution is 7.90. The van der Waals surface area contributed by atoms with Crippen LogP contribution in [0.4, 0.5) is 10.1 Å². The molecule has 1 aliphatic heterocycles. The minimum absolute atomic E-state index is 0.132. The number of hydrogen-bond acceptors (Lipinski definition) is 4. The number of anilines is 1. The van der Waals surface area contributed by atoms with Crippen LogP contribution in [0.15, 0.2) is 23.1 Å². The average Bonchev–Trinajstić information content (AvgIpc) is 2.37. The van der Waals surface area contributed by atoms with E-state index in [0.717, 1.165) is 19.2 Å². The second-order valence-corrected chi connectivity index (χ2v) is 6.96. The summed E-state index contributed by atoms with van der Waals surface area (Å²) in [5, 5.41) is 6.34. The molecule has 2 rings (SSSR count). The Hall–Kier alpha value is -1.14. The van der Waals surface area contributed by atoms with Crippen molar-refractivity contribution in [2.75, 3.05) is 24.7 Å². The van der Waals surface area contributed by atoms with Crippen LogP contribution in [0.1, 0.15) is 19.3 Å². The molecule has 1 fully saturated rings. The summed E-state index contributed by atoms with van der Waals surface area (Å²) in [5.74, 6) is -0.428. The Morgan fingerprint density at radius 3 is 2.84 bits per heavy atom. The second-order valence-electron chi connectivity index (χ2n) is 4.94. The molecule has 1 aromatic carbocycles. The van der Waals surface area contributed by atoms with E-state index in [9.17, 15) is 12.8 Å². The van der Waals surface area contributed by atoms with Gasteiger partial charge in [0.1, 0.15) is 5.82 Å². The van der Waals surface area contributed by atoms with Crippen molar-refractivity contribution in [1.29, 1.82) is 0 Å². The van der Waals surface area contributed by atoms with Crippen LogP contribution in [0.2, 0.25) is 0 Å². The van der Waals surface area contributed by atoms with Crippen molar-refractivity contribution in [2.45, 2.75) is 30.2 Å². The van der Waals surface area contributed by atoms with Gasteiger partial charge in [0.2, 0.25) is 0 Å². The summed E-state index contributed by atoms with van der Waals surface area (Å²) in [6, 6.07) is 4.14. The van der Waals surface area contributed by atoms with Gasteiger partial charge >= 0.3 is 0 Å². The van der Waals surface area contributed by atoms with Gasteiger partial charge in [-0.2, -0.15) is 0 Å². The topological polar surface area (TPSA) is 58.2 Å². The van der Waals surface area contributed by atoms with Gasteiger partial charge in [-0.25, -0.2) is 12.8 Å². The fraction of sp³-hybridized carbons (Fsp3) is 0.538. The molecular weight excluding hydrogens is 267 g/mol. The number of piperidine rings is 1. The molecule has 0 amide bonds. The largest absolute Gasteiger partial charge is 0.381 e. The van der Waals surface area contributed by atoms with Crippen molar-refractivity contribution in [2.24, 2.45) is 0 Å². The standard InChI is InChI=1S/C13H19FN2O2S/c1-19(17,18)11-5-6-12(14)13(8-11)16-9-10-4-2-3-7-15-10/h5-6,8,10,15-16H,2-4,7,9H2,1H3. The summed E-state index contributed by atoms with van der Waals surface area (Å²) in [6.45, 7) is 1.59. The normalized spacial score (nSPS) is 20.2. The molecule has 0 bridgehead atoms. The lowest BCUT2D eigenvalue weighted by molar-refractivity contribution is 0.414. The van der Waals surface area contributed by atoms with Crippen molar-refractivity contribution in [3.8, 4) is 0 Å². The Kier molecular flexibility index (Phi) is 4.42. The summed E-state index contributed by atoms with van der Waals surface area (Å²) in [4.78, 5) is 0.132. The molecular formula is C13H19FN2O2S. The van der Waals surface area contributed by atoms with E-state index in [0.29, 0.717) is 12.6 Å². The van der Waals surface area contributed by atoms with Crippen LogP contribution < -0.4 is 10.6 Å². The van der Waals surface area contributed by atoms with Crippen molar-refractivity contribution in [3.05, 3.63) is 24.0 Å². The molecule has 19 heavy (non-hydrogen) atoms. The number of hydrogen-bond donors (Lipinski definition) is 2. The zero-order valence-electron chi connectivity index (χ0n) is 10.9. The van der Waals surface area contributed by atoms with Gasteiger partial charge in [-0.1, -0.05) is 6.42 Å². The minimum Gasteiger partial charge on any atom is -0.381 e. The number of sulfone groups is 1. The molecule has 1 aromatic rings. The zero-order chi connectivity index (χ0) is 13.9. The first-order valence-corrected chi connectivity index (χ1v) is 8.33. The minimum atomic E-state index is -3.31. The maximum Gasteiger partial charge on any atom is 0.175 e. The number of halogens is 1. The monoisotopic (exact) mass is 286 g/mol. The van der Waals surface area contributed by atoms with E-state index in [2.05, 4.69) is 10.6 Å². The summed E-state index contributed by atoms with van der Waals surface area (Å²) < 4.78 is 36.5. The van der Waals surface area contributed by atoms with Crippen LogP contribution in [0.25, 0.3) is 0 Å². The van der Waals surface area contributed by atoms with Gasteiger partial charge in [0, 0.05) is 18.8 Å². The number of rotatable bonds is 4. The molecule has 0 aliphatic carbocycles. The zero-order valence-corrected chi connectivity index (χ0v) is 11.8. The Balaban J connectivity index is 2.06. The van der Waals surface area contributed by atoms with E-state index in [-0.39, 0.29) is 10.6 Å². The van der Waals surface area contributed by atoms with Gasteiger partial charge in [-0.05, 0) is 37.6 Å². The summed E-state index contributed by atoms with van der Waals surface area (Å²) in [6.07, 6.45) is 4.52. The van der Waals surface area contributed by atoms with E-state index < -0.39 is 15.7 Å². The van der Waals surface area contributed by atoms with Gasteiger partial charge in [-0.3, -0.25) is 0 Å². The molecule has 1 heterocycles. The fourth-order valence-electron chi connectivity index (χ4n) is 2.20. The van der Waals surface area contributed by atoms with Gasteiger partial charge in [-0.15, -0.1) is 0 Å². The molecule has 106 valence electrons. The SMILES string of the molecule is CS(=O)(=O)c1ccc(F)c(NCC2CCCCN2)c1. The predicted octanol–water partition coefficient (Wildman–Crippen LogP) is 1.78. The highest BCUT2D eigenvalue weighted by atomic mass is 32.2. The van der Waals surface area contributed by atoms with E-state index in [1.165, 1.54) is 31.0 Å². The lowest BCUT2D eigenvalue weighted by atomic mass is 10.1. The van der Waals surface area contributed by atoms with E-state index in [1.807, 2.05) is 0 Å². The van der Waals surface area contributed by atoms with E-state index in [1.54, 1.807) is 0 Å². The maximum absolute atomic E-state index is 13.6. The third-order valence-electron chi connectivity index (χ3n) is 3.32. The molecule has 0 aromatic heterocycles. The molecule has 1 aliphatic rings. The molecule has 4 nitrogen and oxygen atoms in total. The summed E-state index contributed by atoms with van der Waals surface area (Å²) in [7, 11) is -3.31. The first kappa shape index (κ1) is 14.3. The van der Waals surface area contributed by atoms with Crippen LogP contribution in [0, 0.1) is 5.82 Å². The molecule has 6 heteroatoms. The predicted molar refractivity (Wildman–Crippen MR) is 73.6 cm³/mol. The van der Waals surface area contributed by atoms with Gasteiger partial charge < -0.3 is 10.6 Å². The number of benzene rings is 1. The lowest BCUT2D eigenvalue weighted by Crippen LogP contribution is -2.39. The highest BCUT2D eigenvalue weighted by Gasteiger charge is 2.14. The molecule has 2 N–H and O–H groups in total. The van der Waals surface area contributed by atoms with E-state index in [4.69, 9.17) is 0 Å². The van der Waals surface area contributed by atoms with Gasteiger partial charge in [0.25, 0.3) is 0 Å². The Labute approximate surface area is 113 Å². The van der Waals surface area contributed by atoms with E-state index >= 15 is 0 Å². The van der Waals surface area contributed by atoms with Crippen molar-refractivity contribution in [3.63, 3.8) is 0 Å². The average molecular weight is 286 g/mol. The molecule has 0 saturated carbocycles. The first-order valence-electron chi connectivity index (χ1n) is 6.44. The smallest absolute Gasteiger partial charge is 0.175 e. The maximum atomic E-state index is 13.6. The second kappa shape index (κ2) is 5.88. The summed E-state index contributed by atoms with van der Waals surface area (Å²) >= 11 is 0. The van der Waals surface area contributed by atoms with Crippen LogP contribution in [-0.2, 0) is 9.84 Å². The van der Waals surface area contributed by atoms with Crippen LogP contribution in [-0.4, -0.2) is 33.8 Å². The molecule has 1 unspecified atom stereocenters. The molecule has 0 radical (unpaired) electrons. The van der Waals surface area contributed by atoms with Crippen LogP contribution in [0.3, 0.4) is 0 Å². The lowest BCUT2D eigenvalue weighted by Gasteiger charge is -2.24. The Bertz CT molecular complexity index is 540. The third-order valence-corrected chi connectivity index (χ3v) is 4.43. The first-order chi connectivity index (χ1) is 8.97. The Morgan fingerprint density at radius 2 is 2.21 bits per heavy atom. The number of nitrogens with one attached hydrogen (secondary N) is 2. The quantitative estimate of drug-likeness (QED) is 0.829. The molecule has 0 spiro atoms. The van der Waals surface area contributed by atoms with Crippen molar-refractivity contribution in [1.82, 2.24) is 5.32 Å².